The van der Waals surface area contributed by atoms with E-state index in [9.17, 15) is 5.11 Å². The first-order valence-corrected chi connectivity index (χ1v) is 8.47. The van der Waals surface area contributed by atoms with E-state index in [1.165, 1.54) is 0 Å². The van der Waals surface area contributed by atoms with E-state index in [0.29, 0.717) is 18.8 Å². The summed E-state index contributed by atoms with van der Waals surface area (Å²) in [5.74, 6) is 0.714. The Balaban J connectivity index is 0.00000243. The average Bonchev–Trinajstić information content (AvgIpc) is 2.67. The van der Waals surface area contributed by atoms with Crippen molar-refractivity contribution in [2.24, 2.45) is 5.73 Å². The van der Waals surface area contributed by atoms with E-state index in [2.05, 4.69) is 0 Å². The Hall–Kier alpha value is -2.33. The van der Waals surface area contributed by atoms with E-state index in [0.717, 1.165) is 16.7 Å². The SMILES string of the molecule is Cl.N[C@H](c1ccccc1OCc1ccccc1)[C@@H](O)Cc1ccccc1. The average molecular weight is 370 g/mol. The van der Waals surface area contributed by atoms with Gasteiger partial charge in [0.25, 0.3) is 0 Å². The zero-order chi connectivity index (χ0) is 17.5. The van der Waals surface area contributed by atoms with Crippen molar-refractivity contribution in [1.82, 2.24) is 0 Å². The first-order valence-electron chi connectivity index (χ1n) is 8.47. The summed E-state index contributed by atoms with van der Waals surface area (Å²) in [4.78, 5) is 0. The van der Waals surface area contributed by atoms with Gasteiger partial charge >= 0.3 is 0 Å². The van der Waals surface area contributed by atoms with Crippen LogP contribution in [0, 0.1) is 0 Å². The maximum Gasteiger partial charge on any atom is 0.124 e. The molecular formula is C22H24ClNO2. The molecule has 0 saturated heterocycles. The van der Waals surface area contributed by atoms with Gasteiger partial charge in [-0.3, -0.25) is 0 Å². The van der Waals surface area contributed by atoms with Gasteiger partial charge in [0.1, 0.15) is 12.4 Å². The van der Waals surface area contributed by atoms with E-state index < -0.39 is 12.1 Å². The Labute approximate surface area is 160 Å². The predicted molar refractivity (Wildman–Crippen MR) is 108 cm³/mol. The molecule has 0 radical (unpaired) electrons. The minimum absolute atomic E-state index is 0. The fraction of sp³-hybridized carbons (Fsp3) is 0.182. The molecule has 4 heteroatoms. The fourth-order valence-corrected chi connectivity index (χ4v) is 2.81. The Morgan fingerprint density at radius 3 is 1.96 bits per heavy atom. The van der Waals surface area contributed by atoms with Gasteiger partial charge in [-0.05, 0) is 17.2 Å². The molecule has 136 valence electrons. The number of rotatable bonds is 7. The Morgan fingerprint density at radius 2 is 1.31 bits per heavy atom. The molecule has 26 heavy (non-hydrogen) atoms. The quantitative estimate of drug-likeness (QED) is 0.653. The minimum Gasteiger partial charge on any atom is -0.489 e. The zero-order valence-corrected chi connectivity index (χ0v) is 15.3. The summed E-state index contributed by atoms with van der Waals surface area (Å²) in [6.07, 6.45) is -0.168. The second-order valence-electron chi connectivity index (χ2n) is 6.09. The smallest absolute Gasteiger partial charge is 0.124 e. The van der Waals surface area contributed by atoms with Crippen molar-refractivity contribution in [3.8, 4) is 5.75 Å². The lowest BCUT2D eigenvalue weighted by Crippen LogP contribution is -2.28. The van der Waals surface area contributed by atoms with Crippen molar-refractivity contribution >= 4 is 12.4 Å². The molecule has 3 aromatic carbocycles. The summed E-state index contributed by atoms with van der Waals surface area (Å²) >= 11 is 0. The monoisotopic (exact) mass is 369 g/mol. The fourth-order valence-electron chi connectivity index (χ4n) is 2.81. The van der Waals surface area contributed by atoms with Crippen LogP contribution in [0.15, 0.2) is 84.9 Å². The molecule has 0 spiro atoms. The third-order valence-corrected chi connectivity index (χ3v) is 4.22. The number of ether oxygens (including phenoxy) is 1. The van der Waals surface area contributed by atoms with Gasteiger partial charge in [0.15, 0.2) is 0 Å². The molecule has 2 atom stereocenters. The molecule has 0 aromatic heterocycles. The van der Waals surface area contributed by atoms with Crippen molar-refractivity contribution in [1.29, 1.82) is 0 Å². The van der Waals surface area contributed by atoms with E-state index in [1.807, 2.05) is 84.9 Å². The van der Waals surface area contributed by atoms with Crippen LogP contribution in [0.1, 0.15) is 22.7 Å². The molecule has 0 aliphatic heterocycles. The molecular weight excluding hydrogens is 346 g/mol. The van der Waals surface area contributed by atoms with E-state index in [4.69, 9.17) is 10.5 Å². The molecule has 0 bridgehead atoms. The summed E-state index contributed by atoms with van der Waals surface area (Å²) in [5.41, 5.74) is 9.30. The second-order valence-corrected chi connectivity index (χ2v) is 6.09. The van der Waals surface area contributed by atoms with Crippen LogP contribution in [0.2, 0.25) is 0 Å². The highest BCUT2D eigenvalue weighted by Gasteiger charge is 2.20. The van der Waals surface area contributed by atoms with Crippen molar-refractivity contribution in [3.05, 3.63) is 102 Å². The maximum absolute atomic E-state index is 10.6. The highest BCUT2D eigenvalue weighted by molar-refractivity contribution is 5.85. The topological polar surface area (TPSA) is 55.5 Å². The standard InChI is InChI=1S/C22H23NO2.ClH/c23-22(20(24)15-17-9-3-1-4-10-17)19-13-7-8-14-21(19)25-16-18-11-5-2-6-12-18;/h1-14,20,22,24H,15-16,23H2;1H/t20-,22+;/m0./s1. The van der Waals surface area contributed by atoms with Gasteiger partial charge in [-0.1, -0.05) is 78.9 Å². The van der Waals surface area contributed by atoms with Gasteiger partial charge in [-0.15, -0.1) is 12.4 Å². The van der Waals surface area contributed by atoms with Crippen LogP contribution in [0.25, 0.3) is 0 Å². The Morgan fingerprint density at radius 1 is 0.769 bits per heavy atom. The molecule has 0 aliphatic rings. The number of halogens is 1. The lowest BCUT2D eigenvalue weighted by Gasteiger charge is -2.22. The largest absolute Gasteiger partial charge is 0.489 e. The van der Waals surface area contributed by atoms with Gasteiger partial charge < -0.3 is 15.6 Å². The van der Waals surface area contributed by atoms with Crippen LogP contribution in [-0.2, 0) is 13.0 Å². The number of benzene rings is 3. The zero-order valence-electron chi connectivity index (χ0n) is 14.5. The molecule has 3 N–H and O–H groups in total. The normalized spacial score (nSPS) is 12.7. The summed E-state index contributed by atoms with van der Waals surface area (Å²) in [7, 11) is 0. The molecule has 0 saturated carbocycles. The highest BCUT2D eigenvalue weighted by atomic mass is 35.5. The van der Waals surface area contributed by atoms with Gasteiger partial charge in [0.2, 0.25) is 0 Å². The van der Waals surface area contributed by atoms with E-state index >= 15 is 0 Å². The third-order valence-electron chi connectivity index (χ3n) is 4.22. The summed E-state index contributed by atoms with van der Waals surface area (Å²) in [6.45, 7) is 0.472. The number of nitrogens with two attached hydrogens (primary N) is 1. The van der Waals surface area contributed by atoms with Crippen molar-refractivity contribution in [2.45, 2.75) is 25.2 Å². The molecule has 0 unspecified atom stereocenters. The summed E-state index contributed by atoms with van der Waals surface area (Å²) < 4.78 is 5.95. The van der Waals surface area contributed by atoms with Gasteiger partial charge in [-0.25, -0.2) is 0 Å². The predicted octanol–water partition coefficient (Wildman–Crippen LogP) is 4.29. The van der Waals surface area contributed by atoms with Crippen LogP contribution in [0.4, 0.5) is 0 Å². The number of hydrogen-bond donors (Lipinski definition) is 2. The van der Waals surface area contributed by atoms with Crippen LogP contribution < -0.4 is 10.5 Å². The number of hydrogen-bond acceptors (Lipinski definition) is 3. The lowest BCUT2D eigenvalue weighted by atomic mass is 9.96. The second kappa shape index (κ2) is 9.97. The minimum atomic E-state index is -0.677. The molecule has 3 nitrogen and oxygen atoms in total. The Kier molecular flexibility index (Phi) is 7.67. The lowest BCUT2D eigenvalue weighted by molar-refractivity contribution is 0.143. The van der Waals surface area contributed by atoms with Crippen molar-refractivity contribution in [2.75, 3.05) is 0 Å². The first-order chi connectivity index (χ1) is 12.2. The van der Waals surface area contributed by atoms with E-state index in [1.54, 1.807) is 0 Å². The molecule has 0 fully saturated rings. The summed E-state index contributed by atoms with van der Waals surface area (Å²) in [6, 6.07) is 27.0. The van der Waals surface area contributed by atoms with Crippen LogP contribution in [0.3, 0.4) is 0 Å². The van der Waals surface area contributed by atoms with E-state index in [-0.39, 0.29) is 12.4 Å². The van der Waals surface area contributed by atoms with Crippen LogP contribution >= 0.6 is 12.4 Å². The maximum atomic E-state index is 10.6. The Bertz CT molecular complexity index is 780. The number of aliphatic hydroxyl groups excluding tert-OH is 1. The molecule has 3 rings (SSSR count). The third kappa shape index (κ3) is 5.33. The number of para-hydroxylation sites is 1. The number of aliphatic hydroxyl groups is 1. The first kappa shape index (κ1) is 20.0. The molecule has 0 heterocycles. The van der Waals surface area contributed by atoms with Crippen molar-refractivity contribution < 1.29 is 9.84 Å². The van der Waals surface area contributed by atoms with Gasteiger partial charge in [0.05, 0.1) is 12.1 Å². The summed E-state index contributed by atoms with van der Waals surface area (Å²) in [5, 5.41) is 10.6. The van der Waals surface area contributed by atoms with Crippen LogP contribution in [-0.4, -0.2) is 11.2 Å². The van der Waals surface area contributed by atoms with Gasteiger partial charge in [0, 0.05) is 12.0 Å². The van der Waals surface area contributed by atoms with Crippen LogP contribution in [0.5, 0.6) is 5.75 Å². The molecule has 0 amide bonds. The van der Waals surface area contributed by atoms with Crippen molar-refractivity contribution in [3.63, 3.8) is 0 Å². The highest BCUT2D eigenvalue weighted by Crippen LogP contribution is 2.27. The molecule has 3 aromatic rings. The van der Waals surface area contributed by atoms with Gasteiger partial charge in [-0.2, -0.15) is 0 Å². The molecule has 0 aliphatic carbocycles.